The van der Waals surface area contributed by atoms with Gasteiger partial charge in [-0.15, -0.1) is 11.3 Å². The Hall–Kier alpha value is -2.43. The van der Waals surface area contributed by atoms with Gasteiger partial charge < -0.3 is 25.7 Å². The highest BCUT2D eigenvalue weighted by Gasteiger charge is 2.41. The van der Waals surface area contributed by atoms with Crippen LogP contribution in [0.1, 0.15) is 83.5 Å². The molecule has 220 valence electrons. The fourth-order valence-corrected chi connectivity index (χ4v) is 6.02. The number of aliphatic hydroxyl groups is 2. The number of aromatic nitrogens is 1. The Morgan fingerprint density at radius 1 is 1.15 bits per heavy atom. The Labute approximate surface area is 250 Å². The summed E-state index contributed by atoms with van der Waals surface area (Å²) in [6.45, 7) is 9.68. The van der Waals surface area contributed by atoms with E-state index in [1.807, 2.05) is 64.4 Å². The molecule has 1 aliphatic heterocycles. The van der Waals surface area contributed by atoms with Crippen LogP contribution < -0.4 is 10.6 Å². The molecule has 1 fully saturated rings. The van der Waals surface area contributed by atoms with Crippen molar-refractivity contribution >= 4 is 39.1 Å². The molecule has 2 heterocycles. The molecule has 3 rings (SSSR count). The first kappa shape index (κ1) is 32.1. The van der Waals surface area contributed by atoms with Gasteiger partial charge in [-0.2, -0.15) is 0 Å². The summed E-state index contributed by atoms with van der Waals surface area (Å²) in [4.78, 5) is 33.4. The number of halogens is 1. The lowest BCUT2D eigenvalue weighted by atomic mass is 9.85. The fourth-order valence-electron chi connectivity index (χ4n) is 4.81. The van der Waals surface area contributed by atoms with E-state index in [9.17, 15) is 19.8 Å². The summed E-state index contributed by atoms with van der Waals surface area (Å²) in [6, 6.07) is 7.03. The van der Waals surface area contributed by atoms with Crippen molar-refractivity contribution in [2.75, 3.05) is 11.9 Å². The Kier molecular flexibility index (Phi) is 11.6. The highest BCUT2D eigenvalue weighted by atomic mass is 79.9. The minimum Gasteiger partial charge on any atom is -0.494 e. The lowest BCUT2D eigenvalue weighted by Gasteiger charge is -2.34. The third-order valence-electron chi connectivity index (χ3n) is 7.16. The zero-order valence-electron chi connectivity index (χ0n) is 24.2. The van der Waals surface area contributed by atoms with Crippen molar-refractivity contribution in [3.05, 3.63) is 52.6 Å². The highest BCUT2D eigenvalue weighted by molar-refractivity contribution is 9.09. The summed E-state index contributed by atoms with van der Waals surface area (Å²) in [6.07, 6.45) is 3.56. The summed E-state index contributed by atoms with van der Waals surface area (Å²) >= 11 is 5.02. The van der Waals surface area contributed by atoms with Gasteiger partial charge in [-0.25, -0.2) is 4.98 Å². The third-order valence-corrected chi connectivity index (χ3v) is 8.70. The van der Waals surface area contributed by atoms with Crippen molar-refractivity contribution in [3.63, 3.8) is 0 Å². The van der Waals surface area contributed by atoms with Crippen LogP contribution in [0.2, 0.25) is 0 Å². The maximum atomic E-state index is 13.8. The molecule has 4 N–H and O–H groups in total. The molecule has 1 aromatic carbocycles. The van der Waals surface area contributed by atoms with E-state index < -0.39 is 17.6 Å². The van der Waals surface area contributed by atoms with Crippen molar-refractivity contribution in [1.82, 2.24) is 20.5 Å². The van der Waals surface area contributed by atoms with E-state index in [-0.39, 0.29) is 36.7 Å². The summed E-state index contributed by atoms with van der Waals surface area (Å²) in [5, 5.41) is 28.5. The number of benzene rings is 1. The number of nitrogens with zero attached hydrogens (tertiary/aromatic N) is 2. The minimum absolute atomic E-state index is 0.0617. The van der Waals surface area contributed by atoms with Crippen LogP contribution >= 0.6 is 27.3 Å². The largest absolute Gasteiger partial charge is 0.494 e. The van der Waals surface area contributed by atoms with Gasteiger partial charge in [-0.1, -0.05) is 73.8 Å². The molecule has 8 nitrogen and oxygen atoms in total. The maximum absolute atomic E-state index is 13.8. The number of amides is 2. The van der Waals surface area contributed by atoms with Gasteiger partial charge >= 0.3 is 0 Å². The highest BCUT2D eigenvalue weighted by Crippen LogP contribution is 2.31. The number of alkyl halides is 1. The number of hydrogen-bond donors (Lipinski definition) is 4. The number of carbonyl (C=O) groups excluding carboxylic acids is 2. The van der Waals surface area contributed by atoms with Gasteiger partial charge in [0.15, 0.2) is 0 Å². The molecule has 0 saturated carbocycles. The van der Waals surface area contributed by atoms with Gasteiger partial charge in [0.2, 0.25) is 17.7 Å². The summed E-state index contributed by atoms with van der Waals surface area (Å²) in [5.74, 6) is -0.646. The van der Waals surface area contributed by atoms with Crippen LogP contribution in [0.4, 0.5) is 0 Å². The van der Waals surface area contributed by atoms with E-state index >= 15 is 0 Å². The van der Waals surface area contributed by atoms with Crippen molar-refractivity contribution < 1.29 is 19.8 Å². The molecular weight excluding hydrogens is 592 g/mol. The molecule has 0 unspecified atom stereocenters. The van der Waals surface area contributed by atoms with Gasteiger partial charge in [0, 0.05) is 18.2 Å². The van der Waals surface area contributed by atoms with Crippen molar-refractivity contribution in [3.8, 4) is 10.4 Å². The van der Waals surface area contributed by atoms with Crippen molar-refractivity contribution in [2.45, 2.75) is 91.3 Å². The second kappa shape index (κ2) is 14.5. The molecule has 0 bridgehead atoms. The van der Waals surface area contributed by atoms with Crippen LogP contribution in [0.5, 0.6) is 0 Å². The second-order valence-corrected chi connectivity index (χ2v) is 13.2. The molecule has 1 aliphatic rings. The average Bonchev–Trinajstić information content (AvgIpc) is 3.51. The van der Waals surface area contributed by atoms with Crippen molar-refractivity contribution in [1.29, 1.82) is 0 Å². The fraction of sp³-hybridized carbons (Fsp3) is 0.567. The standard InChI is InChI=1S/C30H43BrN4O4S/c1-19(21-11-13-22(14-12-21)26-20(2)32-18-40-26)33-28(38)24-16-23(36)17-35(24)29(39)27(30(3,4)5)34-25(37)10-8-6-7-9-15-31/h11-14,18-19,23,27,33,36,38H,6-10,15-17H2,1-5H3,(H,34,37)/b28-24+/t19-,23+,27+/m0/s1. The van der Waals surface area contributed by atoms with Gasteiger partial charge in [-0.05, 0) is 43.2 Å². The first-order valence-corrected chi connectivity index (χ1v) is 16.0. The van der Waals surface area contributed by atoms with Crippen LogP contribution in [0.3, 0.4) is 0 Å². The normalized spacial score (nSPS) is 18.4. The van der Waals surface area contributed by atoms with Gasteiger partial charge in [0.25, 0.3) is 0 Å². The van der Waals surface area contributed by atoms with E-state index in [0.717, 1.165) is 52.7 Å². The topological polar surface area (TPSA) is 115 Å². The SMILES string of the molecule is Cc1ncsc1-c1ccc([C@H](C)N/C(O)=C2/C[C@@H](O)CN2C(=O)[C@@H](NC(=O)CCCCCCBr)C(C)(C)C)cc1. The number of thiazole rings is 1. The Balaban J connectivity index is 1.71. The zero-order valence-corrected chi connectivity index (χ0v) is 26.6. The molecule has 10 heteroatoms. The Bertz CT molecular complexity index is 1180. The smallest absolute Gasteiger partial charge is 0.250 e. The molecule has 2 aromatic rings. The van der Waals surface area contributed by atoms with E-state index in [2.05, 4.69) is 31.5 Å². The maximum Gasteiger partial charge on any atom is 0.250 e. The molecule has 3 atom stereocenters. The second-order valence-electron chi connectivity index (χ2n) is 11.6. The summed E-state index contributed by atoms with van der Waals surface area (Å²) < 4.78 is 0. The Morgan fingerprint density at radius 2 is 1.82 bits per heavy atom. The van der Waals surface area contributed by atoms with Crippen LogP contribution in [-0.2, 0) is 9.59 Å². The van der Waals surface area contributed by atoms with E-state index in [4.69, 9.17) is 0 Å². The summed E-state index contributed by atoms with van der Waals surface area (Å²) in [7, 11) is 0. The predicted molar refractivity (Wildman–Crippen MR) is 164 cm³/mol. The number of β-amino-alcohol motifs (C(OH)–C–C–N with tert-alkyl or cyclic N) is 1. The van der Waals surface area contributed by atoms with Crippen LogP contribution in [0.15, 0.2) is 41.4 Å². The molecule has 0 aliphatic carbocycles. The summed E-state index contributed by atoms with van der Waals surface area (Å²) in [5.41, 5.74) is 4.65. The molecule has 1 saturated heterocycles. The average molecular weight is 636 g/mol. The third kappa shape index (κ3) is 8.54. The number of hydrogen-bond acceptors (Lipinski definition) is 7. The quantitative estimate of drug-likeness (QED) is 0.130. The number of unbranched alkanes of at least 4 members (excludes halogenated alkanes) is 3. The number of rotatable bonds is 12. The molecule has 2 amide bonds. The molecule has 0 spiro atoms. The number of nitrogens with one attached hydrogen (secondary N) is 2. The van der Waals surface area contributed by atoms with Crippen LogP contribution in [0, 0.1) is 12.3 Å². The van der Waals surface area contributed by atoms with Gasteiger partial charge in [-0.3, -0.25) is 9.59 Å². The lowest BCUT2D eigenvalue weighted by Crippen LogP contribution is -2.54. The van der Waals surface area contributed by atoms with E-state index in [1.165, 1.54) is 4.90 Å². The number of aliphatic hydroxyl groups excluding tert-OH is 2. The van der Waals surface area contributed by atoms with Crippen LogP contribution in [-0.4, -0.2) is 55.9 Å². The lowest BCUT2D eigenvalue weighted by molar-refractivity contribution is -0.137. The molecular formula is C30H43BrN4O4S. The first-order chi connectivity index (χ1) is 18.9. The Morgan fingerprint density at radius 3 is 2.42 bits per heavy atom. The zero-order chi connectivity index (χ0) is 29.4. The first-order valence-electron chi connectivity index (χ1n) is 14.0. The van der Waals surface area contributed by atoms with Crippen molar-refractivity contribution in [2.24, 2.45) is 5.41 Å². The monoisotopic (exact) mass is 634 g/mol. The number of carbonyl (C=O) groups is 2. The number of aryl methyl sites for hydroxylation is 1. The van der Waals surface area contributed by atoms with Gasteiger partial charge in [0.1, 0.15) is 6.04 Å². The minimum atomic E-state index is -0.800. The molecule has 0 radical (unpaired) electrons. The number of likely N-dealkylation sites (tertiary alicyclic amines) is 1. The molecule has 40 heavy (non-hydrogen) atoms. The van der Waals surface area contributed by atoms with Crippen LogP contribution in [0.25, 0.3) is 10.4 Å². The van der Waals surface area contributed by atoms with Gasteiger partial charge in [0.05, 0.1) is 40.5 Å². The van der Waals surface area contributed by atoms with E-state index in [0.29, 0.717) is 12.1 Å². The molecule has 1 aromatic heterocycles. The predicted octanol–water partition coefficient (Wildman–Crippen LogP) is 5.97. The van der Waals surface area contributed by atoms with E-state index in [1.54, 1.807) is 11.3 Å².